The number of hydrogen-bond acceptors (Lipinski definition) is 8. The summed E-state index contributed by atoms with van der Waals surface area (Å²) in [5.41, 5.74) is 1.28. The lowest BCUT2D eigenvalue weighted by molar-refractivity contribution is -0.126. The van der Waals surface area contributed by atoms with E-state index in [1.807, 2.05) is 36.4 Å². The van der Waals surface area contributed by atoms with Crippen molar-refractivity contribution in [2.24, 2.45) is 0 Å². The fourth-order valence-corrected chi connectivity index (χ4v) is 3.69. The fraction of sp³-hybridized carbons (Fsp3) is 0.462. The topological polar surface area (TPSA) is 96.0 Å². The summed E-state index contributed by atoms with van der Waals surface area (Å²) in [6, 6.07) is 14.6. The van der Waals surface area contributed by atoms with Crippen LogP contribution in [0.5, 0.6) is 11.5 Å². The van der Waals surface area contributed by atoms with Gasteiger partial charge in [-0.1, -0.05) is 24.3 Å². The summed E-state index contributed by atoms with van der Waals surface area (Å²) in [7, 11) is 3.12. The Hall–Kier alpha value is -3.18. The first kappa shape index (κ1) is 27.4. The molecule has 36 heavy (non-hydrogen) atoms. The first-order valence-electron chi connectivity index (χ1n) is 11.8. The van der Waals surface area contributed by atoms with Crippen LogP contribution in [0.1, 0.15) is 0 Å². The molecule has 10 heteroatoms. The molecule has 1 aliphatic rings. The van der Waals surface area contributed by atoms with Crippen molar-refractivity contribution in [1.29, 1.82) is 0 Å². The standard InChI is InChI=1S/C26H34N2O8/c1-31-23-9-5-3-7-21(23)27-11-13-33-15-16-34-14-12-28(22-8-4-6-10-24(22)32-2)26(30)20-36-18-17-35-19-25(27)29/h3-10H,11-20H2,1-2H3. The molecule has 2 aromatic rings. The Morgan fingerprint density at radius 2 is 0.972 bits per heavy atom. The van der Waals surface area contributed by atoms with Gasteiger partial charge in [-0.05, 0) is 24.3 Å². The molecule has 3 rings (SSSR count). The average Bonchev–Trinajstić information content (AvgIpc) is 2.91. The van der Waals surface area contributed by atoms with E-state index in [0.717, 1.165) is 0 Å². The van der Waals surface area contributed by atoms with E-state index in [1.165, 1.54) is 0 Å². The highest BCUT2D eigenvalue weighted by Crippen LogP contribution is 2.28. The maximum Gasteiger partial charge on any atom is 0.253 e. The minimum Gasteiger partial charge on any atom is -0.495 e. The van der Waals surface area contributed by atoms with E-state index in [0.29, 0.717) is 62.4 Å². The fourth-order valence-electron chi connectivity index (χ4n) is 3.69. The molecule has 0 aliphatic carbocycles. The van der Waals surface area contributed by atoms with Gasteiger partial charge in [0.1, 0.15) is 24.7 Å². The monoisotopic (exact) mass is 502 g/mol. The molecule has 0 N–H and O–H groups in total. The zero-order valence-corrected chi connectivity index (χ0v) is 20.9. The summed E-state index contributed by atoms with van der Waals surface area (Å²) >= 11 is 0. The third-order valence-electron chi connectivity index (χ3n) is 5.47. The molecule has 0 unspecified atom stereocenters. The molecule has 10 nitrogen and oxygen atoms in total. The summed E-state index contributed by atoms with van der Waals surface area (Å²) < 4.78 is 33.3. The van der Waals surface area contributed by atoms with Gasteiger partial charge in [0.25, 0.3) is 11.8 Å². The van der Waals surface area contributed by atoms with Crippen molar-refractivity contribution in [1.82, 2.24) is 0 Å². The third kappa shape index (κ3) is 7.92. The van der Waals surface area contributed by atoms with Crippen molar-refractivity contribution in [3.05, 3.63) is 48.5 Å². The summed E-state index contributed by atoms with van der Waals surface area (Å²) in [6.45, 7) is 1.98. The Balaban J connectivity index is 1.64. The summed E-state index contributed by atoms with van der Waals surface area (Å²) in [6.07, 6.45) is 0. The number of benzene rings is 2. The minimum absolute atomic E-state index is 0.147. The van der Waals surface area contributed by atoms with Gasteiger partial charge >= 0.3 is 0 Å². The molecule has 196 valence electrons. The molecule has 1 heterocycles. The number of rotatable bonds is 4. The number of anilines is 2. The number of amides is 2. The van der Waals surface area contributed by atoms with Gasteiger partial charge in [0.05, 0.1) is 65.2 Å². The smallest absolute Gasteiger partial charge is 0.253 e. The van der Waals surface area contributed by atoms with Crippen LogP contribution < -0.4 is 19.3 Å². The number of nitrogens with zero attached hydrogens (tertiary/aromatic N) is 2. The van der Waals surface area contributed by atoms with Crippen LogP contribution in [0.25, 0.3) is 0 Å². The number of hydrogen-bond donors (Lipinski definition) is 0. The van der Waals surface area contributed by atoms with E-state index in [4.69, 9.17) is 28.4 Å². The van der Waals surface area contributed by atoms with E-state index >= 15 is 0 Å². The van der Waals surface area contributed by atoms with Crippen molar-refractivity contribution in [2.45, 2.75) is 0 Å². The Labute approximate surface area is 211 Å². The first-order valence-corrected chi connectivity index (χ1v) is 11.8. The Kier molecular flexibility index (Phi) is 11.5. The Morgan fingerprint density at radius 1 is 0.583 bits per heavy atom. The van der Waals surface area contributed by atoms with E-state index in [9.17, 15) is 9.59 Å². The zero-order valence-electron chi connectivity index (χ0n) is 20.9. The van der Waals surface area contributed by atoms with Gasteiger partial charge in [0, 0.05) is 13.1 Å². The largest absolute Gasteiger partial charge is 0.495 e. The van der Waals surface area contributed by atoms with Crippen LogP contribution >= 0.6 is 0 Å². The quantitative estimate of drug-likeness (QED) is 0.628. The second kappa shape index (κ2) is 15.0. The summed E-state index contributed by atoms with van der Waals surface area (Å²) in [5, 5.41) is 0. The minimum atomic E-state index is -0.237. The van der Waals surface area contributed by atoms with Gasteiger partial charge in [-0.15, -0.1) is 0 Å². The van der Waals surface area contributed by atoms with Crippen LogP contribution in [-0.4, -0.2) is 92.0 Å². The SMILES string of the molecule is COc1ccccc1N1CCOCCOCCN(c2ccccc2OC)C(=O)COCCOCC1=O. The van der Waals surface area contributed by atoms with Gasteiger partial charge in [-0.3, -0.25) is 9.59 Å². The molecule has 0 spiro atoms. The highest BCUT2D eigenvalue weighted by atomic mass is 16.5. The van der Waals surface area contributed by atoms with Gasteiger partial charge in [-0.25, -0.2) is 0 Å². The molecule has 2 amide bonds. The normalized spacial score (nSPS) is 17.8. The van der Waals surface area contributed by atoms with Gasteiger partial charge in [0.15, 0.2) is 0 Å². The Bertz CT molecular complexity index is 893. The zero-order chi connectivity index (χ0) is 25.6. The average molecular weight is 503 g/mol. The number of para-hydroxylation sites is 4. The maximum absolute atomic E-state index is 12.9. The molecular weight excluding hydrogens is 468 g/mol. The second-order valence-electron chi connectivity index (χ2n) is 7.76. The molecule has 1 saturated heterocycles. The molecule has 0 atom stereocenters. The number of methoxy groups -OCH3 is 2. The van der Waals surface area contributed by atoms with Crippen LogP contribution in [0.3, 0.4) is 0 Å². The van der Waals surface area contributed by atoms with E-state index in [2.05, 4.69) is 0 Å². The van der Waals surface area contributed by atoms with Gasteiger partial charge < -0.3 is 38.2 Å². The van der Waals surface area contributed by atoms with Gasteiger partial charge in [-0.2, -0.15) is 0 Å². The molecule has 0 saturated carbocycles. The van der Waals surface area contributed by atoms with Crippen molar-refractivity contribution < 1.29 is 38.0 Å². The lowest BCUT2D eigenvalue weighted by Crippen LogP contribution is -2.38. The number of carbonyl (C=O) groups excluding carboxylic acids is 2. The predicted octanol–water partition coefficient (Wildman–Crippen LogP) is 2.15. The van der Waals surface area contributed by atoms with Crippen LogP contribution in [0, 0.1) is 0 Å². The van der Waals surface area contributed by atoms with Crippen LogP contribution in [-0.2, 0) is 28.5 Å². The van der Waals surface area contributed by atoms with E-state index < -0.39 is 0 Å². The molecule has 0 radical (unpaired) electrons. The lowest BCUT2D eigenvalue weighted by Gasteiger charge is -2.25. The van der Waals surface area contributed by atoms with Crippen molar-refractivity contribution in [2.75, 3.05) is 90.0 Å². The number of ether oxygens (including phenoxy) is 6. The van der Waals surface area contributed by atoms with Crippen molar-refractivity contribution >= 4 is 23.2 Å². The number of carbonyl (C=O) groups is 2. The summed E-state index contributed by atoms with van der Waals surface area (Å²) in [5.74, 6) is 0.688. The van der Waals surface area contributed by atoms with Crippen molar-refractivity contribution in [3.8, 4) is 11.5 Å². The Morgan fingerprint density at radius 3 is 1.39 bits per heavy atom. The van der Waals surface area contributed by atoms with Gasteiger partial charge in [0.2, 0.25) is 0 Å². The predicted molar refractivity (Wildman–Crippen MR) is 134 cm³/mol. The molecule has 0 bridgehead atoms. The van der Waals surface area contributed by atoms with E-state index in [1.54, 1.807) is 36.2 Å². The van der Waals surface area contributed by atoms with Crippen LogP contribution in [0.15, 0.2) is 48.5 Å². The van der Waals surface area contributed by atoms with Crippen molar-refractivity contribution in [3.63, 3.8) is 0 Å². The molecular formula is C26H34N2O8. The maximum atomic E-state index is 12.9. The van der Waals surface area contributed by atoms with E-state index in [-0.39, 0.29) is 38.2 Å². The summed E-state index contributed by atoms with van der Waals surface area (Å²) in [4.78, 5) is 29.0. The molecule has 1 aliphatic heterocycles. The molecule has 2 aromatic carbocycles. The third-order valence-corrected chi connectivity index (χ3v) is 5.47. The molecule has 0 aromatic heterocycles. The van der Waals surface area contributed by atoms with Crippen LogP contribution in [0.4, 0.5) is 11.4 Å². The highest BCUT2D eigenvalue weighted by molar-refractivity contribution is 5.96. The first-order chi connectivity index (χ1) is 17.7. The second-order valence-corrected chi connectivity index (χ2v) is 7.76. The highest BCUT2D eigenvalue weighted by Gasteiger charge is 2.21. The lowest BCUT2D eigenvalue weighted by atomic mass is 10.2. The van der Waals surface area contributed by atoms with Crippen LogP contribution in [0.2, 0.25) is 0 Å². The molecule has 1 fully saturated rings.